The van der Waals surface area contributed by atoms with Crippen LogP contribution in [0.25, 0.3) is 22.6 Å². The first kappa shape index (κ1) is 10.6. The van der Waals surface area contributed by atoms with Crippen LogP contribution in [0.2, 0.25) is 0 Å². The Bertz CT molecular complexity index is 714. The van der Waals surface area contributed by atoms with Gasteiger partial charge in [-0.15, -0.1) is 0 Å². The number of hydrogen-bond donors (Lipinski definition) is 1. The van der Waals surface area contributed by atoms with Gasteiger partial charge in [-0.2, -0.15) is 5.10 Å². The van der Waals surface area contributed by atoms with Crippen LogP contribution >= 0.6 is 0 Å². The van der Waals surface area contributed by atoms with Crippen LogP contribution in [0.4, 0.5) is 5.82 Å². The molecule has 2 heterocycles. The van der Waals surface area contributed by atoms with Crippen LogP contribution in [0, 0.1) is 0 Å². The number of fused-ring (bicyclic) bond motifs is 1. The second-order valence-electron chi connectivity index (χ2n) is 3.92. The highest BCUT2D eigenvalue weighted by Gasteiger charge is 2.14. The Morgan fingerprint density at radius 1 is 1.39 bits per heavy atom. The van der Waals surface area contributed by atoms with E-state index in [9.17, 15) is 0 Å². The maximum atomic E-state index is 5.89. The van der Waals surface area contributed by atoms with Gasteiger partial charge >= 0.3 is 0 Å². The molecule has 6 heteroatoms. The van der Waals surface area contributed by atoms with Gasteiger partial charge in [0.15, 0.2) is 5.58 Å². The summed E-state index contributed by atoms with van der Waals surface area (Å²) in [4.78, 5) is 4.39. The van der Waals surface area contributed by atoms with E-state index in [0.29, 0.717) is 22.9 Å². The molecule has 0 amide bonds. The van der Waals surface area contributed by atoms with Crippen LogP contribution < -0.4 is 10.5 Å². The van der Waals surface area contributed by atoms with E-state index in [2.05, 4.69) is 10.1 Å². The van der Waals surface area contributed by atoms with Gasteiger partial charge in [0.05, 0.1) is 18.9 Å². The molecule has 0 atom stereocenters. The summed E-state index contributed by atoms with van der Waals surface area (Å²) < 4.78 is 12.4. The third kappa shape index (κ3) is 1.50. The number of methoxy groups -OCH3 is 1. The summed E-state index contributed by atoms with van der Waals surface area (Å²) in [5.74, 6) is 1.72. The van der Waals surface area contributed by atoms with Crippen molar-refractivity contribution in [1.82, 2.24) is 14.8 Å². The van der Waals surface area contributed by atoms with Crippen LogP contribution in [-0.2, 0) is 7.05 Å². The average molecular weight is 244 g/mol. The first-order valence-corrected chi connectivity index (χ1v) is 5.41. The monoisotopic (exact) mass is 244 g/mol. The number of aromatic nitrogens is 3. The number of nitrogens with two attached hydrogens (primary N) is 1. The van der Waals surface area contributed by atoms with Gasteiger partial charge in [-0.25, -0.2) is 4.98 Å². The normalized spacial score (nSPS) is 11.0. The summed E-state index contributed by atoms with van der Waals surface area (Å²) in [5.41, 5.74) is 7.99. The minimum Gasteiger partial charge on any atom is -0.497 e. The molecule has 0 fully saturated rings. The summed E-state index contributed by atoms with van der Waals surface area (Å²) in [6.45, 7) is 0. The van der Waals surface area contributed by atoms with Crippen molar-refractivity contribution in [3.05, 3.63) is 24.4 Å². The molecule has 0 aliphatic carbocycles. The van der Waals surface area contributed by atoms with Crippen LogP contribution in [0.3, 0.4) is 0 Å². The molecule has 0 spiro atoms. The Kier molecular flexibility index (Phi) is 2.22. The quantitative estimate of drug-likeness (QED) is 0.743. The lowest BCUT2D eigenvalue weighted by Crippen LogP contribution is -1.97. The summed E-state index contributed by atoms with van der Waals surface area (Å²) in [6.07, 6.45) is 1.64. The fraction of sp³-hybridized carbons (Fsp3) is 0.167. The van der Waals surface area contributed by atoms with E-state index in [1.807, 2.05) is 18.2 Å². The highest BCUT2D eigenvalue weighted by molar-refractivity contribution is 5.79. The standard InChI is InChI=1S/C12H12N4O2/c1-16-11(13)8(6-14-16)12-15-9-5-7(17-2)3-4-10(9)18-12/h3-6H,13H2,1-2H3. The Balaban J connectivity index is 2.16. The molecule has 18 heavy (non-hydrogen) atoms. The minimum atomic E-state index is 0.462. The molecule has 0 saturated heterocycles. The van der Waals surface area contributed by atoms with Crippen molar-refractivity contribution in [3.8, 4) is 17.2 Å². The predicted octanol–water partition coefficient (Wildman–Crippen LogP) is 1.82. The van der Waals surface area contributed by atoms with Crippen LogP contribution in [-0.4, -0.2) is 21.9 Å². The predicted molar refractivity (Wildman–Crippen MR) is 67.2 cm³/mol. The molecule has 0 bridgehead atoms. The fourth-order valence-corrected chi connectivity index (χ4v) is 1.76. The number of benzene rings is 1. The largest absolute Gasteiger partial charge is 0.497 e. The average Bonchev–Trinajstić information content (AvgIpc) is 2.93. The van der Waals surface area contributed by atoms with E-state index < -0.39 is 0 Å². The highest BCUT2D eigenvalue weighted by Crippen LogP contribution is 2.29. The van der Waals surface area contributed by atoms with Gasteiger partial charge in [0.25, 0.3) is 0 Å². The van der Waals surface area contributed by atoms with Crippen LogP contribution in [0.1, 0.15) is 0 Å². The summed E-state index contributed by atoms with van der Waals surface area (Å²) in [7, 11) is 3.38. The molecule has 0 radical (unpaired) electrons. The van der Waals surface area contributed by atoms with Gasteiger partial charge in [-0.3, -0.25) is 4.68 Å². The lowest BCUT2D eigenvalue weighted by molar-refractivity contribution is 0.415. The Morgan fingerprint density at radius 2 is 2.22 bits per heavy atom. The molecule has 1 aromatic carbocycles. The maximum Gasteiger partial charge on any atom is 0.232 e. The topological polar surface area (TPSA) is 79.1 Å². The number of nitrogen functional groups attached to an aromatic ring is 1. The van der Waals surface area contributed by atoms with Crippen molar-refractivity contribution in [2.45, 2.75) is 0 Å². The molecule has 0 unspecified atom stereocenters. The molecule has 3 rings (SSSR count). The van der Waals surface area contributed by atoms with Crippen molar-refractivity contribution in [2.24, 2.45) is 7.05 Å². The number of hydrogen-bond acceptors (Lipinski definition) is 5. The molecule has 2 N–H and O–H groups in total. The van der Waals surface area contributed by atoms with Gasteiger partial charge in [0.1, 0.15) is 17.1 Å². The molecule has 0 saturated carbocycles. The van der Waals surface area contributed by atoms with Gasteiger partial charge in [0.2, 0.25) is 5.89 Å². The second-order valence-corrected chi connectivity index (χ2v) is 3.92. The van der Waals surface area contributed by atoms with Crippen LogP contribution in [0.5, 0.6) is 5.75 Å². The SMILES string of the molecule is COc1ccc2oc(-c3cnn(C)c3N)nc2c1. The van der Waals surface area contributed by atoms with Crippen molar-refractivity contribution >= 4 is 16.9 Å². The zero-order valence-electron chi connectivity index (χ0n) is 10.0. The Hall–Kier alpha value is -2.50. The van der Waals surface area contributed by atoms with E-state index in [-0.39, 0.29) is 0 Å². The highest BCUT2D eigenvalue weighted by atomic mass is 16.5. The van der Waals surface area contributed by atoms with Crippen LogP contribution in [0.15, 0.2) is 28.8 Å². The van der Waals surface area contributed by atoms with Gasteiger partial charge in [-0.1, -0.05) is 0 Å². The molecule has 2 aromatic heterocycles. The Labute approximate surface area is 103 Å². The number of rotatable bonds is 2. The molecule has 3 aromatic rings. The zero-order chi connectivity index (χ0) is 12.7. The van der Waals surface area contributed by atoms with Gasteiger partial charge in [0, 0.05) is 13.1 Å². The fourth-order valence-electron chi connectivity index (χ4n) is 1.76. The number of anilines is 1. The van der Waals surface area contributed by atoms with Crippen molar-refractivity contribution in [2.75, 3.05) is 12.8 Å². The third-order valence-electron chi connectivity index (χ3n) is 2.81. The molecular formula is C12H12N4O2. The van der Waals surface area contributed by atoms with E-state index in [0.717, 1.165) is 11.3 Å². The molecule has 0 aliphatic rings. The van der Waals surface area contributed by atoms with E-state index in [1.54, 1.807) is 25.0 Å². The number of ether oxygens (including phenoxy) is 1. The molecule has 6 nitrogen and oxygen atoms in total. The van der Waals surface area contributed by atoms with Gasteiger partial charge in [-0.05, 0) is 12.1 Å². The van der Waals surface area contributed by atoms with E-state index in [1.165, 1.54) is 0 Å². The summed E-state index contributed by atoms with van der Waals surface area (Å²) in [6, 6.07) is 5.45. The number of nitrogens with zero attached hydrogens (tertiary/aromatic N) is 3. The van der Waals surface area contributed by atoms with Crippen molar-refractivity contribution < 1.29 is 9.15 Å². The number of oxazole rings is 1. The lowest BCUT2D eigenvalue weighted by Gasteiger charge is -1.95. The van der Waals surface area contributed by atoms with Gasteiger partial charge < -0.3 is 14.9 Å². The summed E-state index contributed by atoms with van der Waals surface area (Å²) in [5, 5.41) is 4.06. The first-order chi connectivity index (χ1) is 8.69. The third-order valence-corrected chi connectivity index (χ3v) is 2.81. The number of aryl methyl sites for hydroxylation is 1. The van der Waals surface area contributed by atoms with Crippen molar-refractivity contribution in [1.29, 1.82) is 0 Å². The maximum absolute atomic E-state index is 5.89. The zero-order valence-corrected chi connectivity index (χ0v) is 10.0. The van der Waals surface area contributed by atoms with E-state index >= 15 is 0 Å². The smallest absolute Gasteiger partial charge is 0.232 e. The minimum absolute atomic E-state index is 0.462. The molecule has 0 aliphatic heterocycles. The molecular weight excluding hydrogens is 232 g/mol. The second kappa shape index (κ2) is 3.76. The lowest BCUT2D eigenvalue weighted by atomic mass is 10.3. The first-order valence-electron chi connectivity index (χ1n) is 5.41. The molecule has 92 valence electrons. The summed E-state index contributed by atoms with van der Waals surface area (Å²) >= 11 is 0. The Morgan fingerprint density at radius 3 is 2.89 bits per heavy atom. The van der Waals surface area contributed by atoms with E-state index in [4.69, 9.17) is 14.9 Å². The van der Waals surface area contributed by atoms with Crippen molar-refractivity contribution in [3.63, 3.8) is 0 Å².